The molecule has 0 saturated carbocycles. The summed E-state index contributed by atoms with van der Waals surface area (Å²) in [7, 11) is 0. The summed E-state index contributed by atoms with van der Waals surface area (Å²) in [6.07, 6.45) is 0.570. The van der Waals surface area contributed by atoms with E-state index in [1.54, 1.807) is 32.0 Å². The fraction of sp³-hybridized carbons (Fsp3) is 0.500. The Labute approximate surface area is 90.3 Å². The highest BCUT2D eigenvalue weighted by Gasteiger charge is 2.11. The summed E-state index contributed by atoms with van der Waals surface area (Å²) in [6, 6.07) is 8.12. The maximum absolute atomic E-state index is 9.47. The van der Waals surface area contributed by atoms with E-state index >= 15 is 0 Å². The Bertz CT molecular complexity index is 302. The predicted molar refractivity (Wildman–Crippen MR) is 57.6 cm³/mol. The van der Waals surface area contributed by atoms with Gasteiger partial charge in [-0.15, -0.1) is 0 Å². The second-order valence-corrected chi connectivity index (χ2v) is 4.12. The normalized spacial score (nSPS) is 11.5. The van der Waals surface area contributed by atoms with E-state index in [0.29, 0.717) is 24.3 Å². The molecule has 0 atom stereocenters. The molecule has 83 valence electrons. The van der Waals surface area contributed by atoms with E-state index in [0.717, 1.165) is 0 Å². The van der Waals surface area contributed by atoms with Crippen LogP contribution in [0.1, 0.15) is 25.8 Å². The molecule has 1 aromatic rings. The molecule has 0 spiro atoms. The van der Waals surface area contributed by atoms with Crippen molar-refractivity contribution in [2.45, 2.75) is 32.5 Å². The first-order chi connectivity index (χ1) is 7.01. The van der Waals surface area contributed by atoms with Crippen LogP contribution in [0.3, 0.4) is 0 Å². The van der Waals surface area contributed by atoms with Crippen LogP contribution in [0.25, 0.3) is 0 Å². The molecular formula is C12H17O3. The predicted octanol–water partition coefficient (Wildman–Crippen LogP) is 1.52. The minimum atomic E-state index is -0.708. The molecule has 0 saturated heterocycles. The zero-order valence-corrected chi connectivity index (χ0v) is 9.16. The quantitative estimate of drug-likeness (QED) is 0.773. The maximum atomic E-state index is 9.47. The van der Waals surface area contributed by atoms with Crippen molar-refractivity contribution in [2.75, 3.05) is 6.61 Å². The number of benzene rings is 1. The minimum absolute atomic E-state index is 0.0390. The Morgan fingerprint density at radius 1 is 1.47 bits per heavy atom. The molecule has 3 heteroatoms. The van der Waals surface area contributed by atoms with E-state index in [2.05, 4.69) is 6.07 Å². The van der Waals surface area contributed by atoms with Gasteiger partial charge in [0.1, 0.15) is 5.75 Å². The third-order valence-corrected chi connectivity index (χ3v) is 1.99. The van der Waals surface area contributed by atoms with Crippen LogP contribution in [0.2, 0.25) is 0 Å². The number of aliphatic hydroxyl groups excluding tert-OH is 1. The molecule has 0 amide bonds. The highest BCUT2D eigenvalue weighted by Crippen LogP contribution is 2.14. The average Bonchev–Trinajstić information content (AvgIpc) is 2.16. The third-order valence-electron chi connectivity index (χ3n) is 1.99. The largest absolute Gasteiger partial charge is 0.493 e. The smallest absolute Gasteiger partial charge is 0.119 e. The van der Waals surface area contributed by atoms with Gasteiger partial charge >= 0.3 is 0 Å². The van der Waals surface area contributed by atoms with Crippen LogP contribution in [-0.2, 0) is 6.61 Å². The summed E-state index contributed by atoms with van der Waals surface area (Å²) in [5.74, 6) is 0.696. The molecule has 0 unspecified atom stereocenters. The molecule has 15 heavy (non-hydrogen) atoms. The van der Waals surface area contributed by atoms with Crippen LogP contribution in [0.5, 0.6) is 5.75 Å². The van der Waals surface area contributed by atoms with Gasteiger partial charge in [0.05, 0.1) is 18.8 Å². The summed E-state index contributed by atoms with van der Waals surface area (Å²) in [5.41, 5.74) is -0.00322. The molecule has 1 radical (unpaired) electrons. The second kappa shape index (κ2) is 5.14. The molecule has 0 aliphatic carbocycles. The number of ether oxygens (including phenoxy) is 1. The molecule has 0 aliphatic rings. The van der Waals surface area contributed by atoms with Gasteiger partial charge in [-0.1, -0.05) is 6.07 Å². The molecule has 3 nitrogen and oxygen atoms in total. The first-order valence-electron chi connectivity index (χ1n) is 4.98. The molecule has 2 N–H and O–H groups in total. The van der Waals surface area contributed by atoms with Crippen molar-refractivity contribution in [1.82, 2.24) is 0 Å². The third kappa shape index (κ3) is 4.81. The molecule has 0 heterocycles. The maximum Gasteiger partial charge on any atom is 0.119 e. The van der Waals surface area contributed by atoms with Gasteiger partial charge in [0.2, 0.25) is 0 Å². The van der Waals surface area contributed by atoms with E-state index < -0.39 is 5.60 Å². The number of aliphatic hydroxyl groups is 2. The first kappa shape index (κ1) is 12.0. The summed E-state index contributed by atoms with van der Waals surface area (Å²) in [5, 5.41) is 18.4. The Balaban J connectivity index is 2.44. The molecule has 0 aliphatic heterocycles. The molecule has 1 aromatic carbocycles. The van der Waals surface area contributed by atoms with Crippen molar-refractivity contribution in [2.24, 2.45) is 0 Å². The van der Waals surface area contributed by atoms with Crippen molar-refractivity contribution < 1.29 is 14.9 Å². The van der Waals surface area contributed by atoms with Crippen LogP contribution in [0.15, 0.2) is 18.2 Å². The fourth-order valence-corrected chi connectivity index (χ4v) is 1.09. The fourth-order valence-electron chi connectivity index (χ4n) is 1.09. The van der Waals surface area contributed by atoms with Crippen molar-refractivity contribution in [3.05, 3.63) is 29.8 Å². The van der Waals surface area contributed by atoms with Crippen LogP contribution in [-0.4, -0.2) is 22.4 Å². The SMILES string of the molecule is CC(C)(O)CCOc1cc[c]c(CO)c1. The van der Waals surface area contributed by atoms with Gasteiger partial charge in [0, 0.05) is 6.42 Å². The zero-order chi connectivity index (χ0) is 11.3. The molecule has 0 bridgehead atoms. The molecular weight excluding hydrogens is 192 g/mol. The lowest BCUT2D eigenvalue weighted by atomic mass is 10.1. The van der Waals surface area contributed by atoms with Gasteiger partial charge in [-0.3, -0.25) is 0 Å². The van der Waals surface area contributed by atoms with E-state index in [-0.39, 0.29) is 6.61 Å². The lowest BCUT2D eigenvalue weighted by Crippen LogP contribution is -2.21. The Morgan fingerprint density at radius 3 is 2.80 bits per heavy atom. The number of hydrogen-bond acceptors (Lipinski definition) is 3. The molecule has 0 aromatic heterocycles. The van der Waals surface area contributed by atoms with E-state index in [9.17, 15) is 5.11 Å². The Kier molecular flexibility index (Phi) is 4.12. The minimum Gasteiger partial charge on any atom is -0.493 e. The van der Waals surface area contributed by atoms with Gasteiger partial charge in [-0.25, -0.2) is 0 Å². The Hall–Kier alpha value is -1.06. The van der Waals surface area contributed by atoms with Crippen molar-refractivity contribution in [3.63, 3.8) is 0 Å². The van der Waals surface area contributed by atoms with Gasteiger partial charge < -0.3 is 14.9 Å². The lowest BCUT2D eigenvalue weighted by Gasteiger charge is -2.17. The van der Waals surface area contributed by atoms with Crippen LogP contribution >= 0.6 is 0 Å². The van der Waals surface area contributed by atoms with Crippen molar-refractivity contribution >= 4 is 0 Å². The summed E-state index contributed by atoms with van der Waals surface area (Å²) in [4.78, 5) is 0. The lowest BCUT2D eigenvalue weighted by molar-refractivity contribution is 0.0553. The van der Waals surface area contributed by atoms with Crippen molar-refractivity contribution in [1.29, 1.82) is 0 Å². The van der Waals surface area contributed by atoms with Crippen LogP contribution < -0.4 is 4.74 Å². The van der Waals surface area contributed by atoms with E-state index in [4.69, 9.17) is 9.84 Å². The second-order valence-electron chi connectivity index (χ2n) is 4.12. The average molecular weight is 209 g/mol. The monoisotopic (exact) mass is 209 g/mol. The summed E-state index contributed by atoms with van der Waals surface area (Å²) < 4.78 is 5.43. The highest BCUT2D eigenvalue weighted by molar-refractivity contribution is 5.27. The van der Waals surface area contributed by atoms with Crippen molar-refractivity contribution in [3.8, 4) is 5.75 Å². The molecule has 1 rings (SSSR count). The van der Waals surface area contributed by atoms with Crippen LogP contribution in [0, 0.1) is 6.07 Å². The number of rotatable bonds is 5. The topological polar surface area (TPSA) is 49.7 Å². The molecule has 0 fully saturated rings. The highest BCUT2D eigenvalue weighted by atomic mass is 16.5. The zero-order valence-electron chi connectivity index (χ0n) is 9.16. The Morgan fingerprint density at radius 2 is 2.20 bits per heavy atom. The van der Waals surface area contributed by atoms with Gasteiger partial charge in [-0.2, -0.15) is 0 Å². The summed E-state index contributed by atoms with van der Waals surface area (Å²) >= 11 is 0. The standard InChI is InChI=1S/C12H17O3/c1-12(2,14)6-7-15-11-5-3-4-10(8-11)9-13/h3,5,8,13-14H,6-7,9H2,1-2H3. The van der Waals surface area contributed by atoms with Gasteiger partial charge in [0.25, 0.3) is 0 Å². The first-order valence-corrected chi connectivity index (χ1v) is 4.98. The summed E-state index contributed by atoms with van der Waals surface area (Å²) in [6.45, 7) is 3.91. The van der Waals surface area contributed by atoms with Gasteiger partial charge in [-0.05, 0) is 37.6 Å². The van der Waals surface area contributed by atoms with Gasteiger partial charge in [0.15, 0.2) is 0 Å². The van der Waals surface area contributed by atoms with E-state index in [1.807, 2.05) is 0 Å². The number of hydrogen-bond donors (Lipinski definition) is 2. The van der Waals surface area contributed by atoms with E-state index in [1.165, 1.54) is 0 Å². The van der Waals surface area contributed by atoms with Crippen LogP contribution in [0.4, 0.5) is 0 Å².